The standard InChI is InChI=1S/C12H22N2O/c1-3-11-13-7-12(15)14(11)8-10-5-4-9(2)6-10/h9-11,13H,3-8H2,1-2H3. The Balaban J connectivity index is 1.89. The van der Waals surface area contributed by atoms with Crippen molar-refractivity contribution in [2.45, 2.75) is 45.7 Å². The lowest BCUT2D eigenvalue weighted by Gasteiger charge is -2.26. The number of carbonyl (C=O) groups is 1. The molecule has 1 saturated carbocycles. The molecule has 0 aromatic rings. The summed E-state index contributed by atoms with van der Waals surface area (Å²) < 4.78 is 0. The van der Waals surface area contributed by atoms with Crippen molar-refractivity contribution in [1.29, 1.82) is 0 Å². The van der Waals surface area contributed by atoms with Crippen molar-refractivity contribution >= 4 is 5.91 Å². The Morgan fingerprint density at radius 3 is 2.87 bits per heavy atom. The summed E-state index contributed by atoms with van der Waals surface area (Å²) >= 11 is 0. The van der Waals surface area contributed by atoms with Crippen molar-refractivity contribution in [3.63, 3.8) is 0 Å². The van der Waals surface area contributed by atoms with Crippen molar-refractivity contribution in [2.24, 2.45) is 11.8 Å². The van der Waals surface area contributed by atoms with E-state index in [9.17, 15) is 4.79 Å². The lowest BCUT2D eigenvalue weighted by molar-refractivity contribution is -0.128. The van der Waals surface area contributed by atoms with Gasteiger partial charge < -0.3 is 4.90 Å². The third-order valence-corrected chi connectivity index (χ3v) is 3.83. The second-order valence-corrected chi connectivity index (χ2v) is 5.14. The van der Waals surface area contributed by atoms with Crippen LogP contribution in [0.5, 0.6) is 0 Å². The minimum Gasteiger partial charge on any atom is -0.326 e. The molecule has 1 heterocycles. The molecule has 15 heavy (non-hydrogen) atoms. The highest BCUT2D eigenvalue weighted by Crippen LogP contribution is 2.31. The van der Waals surface area contributed by atoms with Gasteiger partial charge in [-0.3, -0.25) is 10.1 Å². The topological polar surface area (TPSA) is 32.3 Å². The Morgan fingerprint density at radius 1 is 1.47 bits per heavy atom. The van der Waals surface area contributed by atoms with Crippen LogP contribution in [0.4, 0.5) is 0 Å². The zero-order valence-corrected chi connectivity index (χ0v) is 9.83. The molecule has 0 spiro atoms. The van der Waals surface area contributed by atoms with Crippen molar-refractivity contribution < 1.29 is 4.79 Å². The van der Waals surface area contributed by atoms with Crippen LogP contribution in [-0.2, 0) is 4.79 Å². The van der Waals surface area contributed by atoms with Gasteiger partial charge >= 0.3 is 0 Å². The first-order valence-corrected chi connectivity index (χ1v) is 6.23. The second-order valence-electron chi connectivity index (χ2n) is 5.14. The zero-order valence-electron chi connectivity index (χ0n) is 9.83. The number of nitrogens with zero attached hydrogens (tertiary/aromatic N) is 1. The van der Waals surface area contributed by atoms with Gasteiger partial charge in [-0.15, -0.1) is 0 Å². The Hall–Kier alpha value is -0.570. The quantitative estimate of drug-likeness (QED) is 0.767. The number of hydrogen-bond acceptors (Lipinski definition) is 2. The molecule has 0 radical (unpaired) electrons. The van der Waals surface area contributed by atoms with E-state index in [1.807, 2.05) is 0 Å². The molecule has 3 heteroatoms. The van der Waals surface area contributed by atoms with Crippen LogP contribution in [0.1, 0.15) is 39.5 Å². The maximum absolute atomic E-state index is 11.7. The summed E-state index contributed by atoms with van der Waals surface area (Å²) in [7, 11) is 0. The van der Waals surface area contributed by atoms with Crippen LogP contribution in [0, 0.1) is 11.8 Å². The number of amides is 1. The largest absolute Gasteiger partial charge is 0.326 e. The molecule has 2 aliphatic rings. The van der Waals surface area contributed by atoms with Crippen LogP contribution in [-0.4, -0.2) is 30.1 Å². The molecule has 2 rings (SSSR count). The number of nitrogens with one attached hydrogen (secondary N) is 1. The molecule has 0 bridgehead atoms. The fraction of sp³-hybridized carbons (Fsp3) is 0.917. The minimum atomic E-state index is 0.293. The molecule has 3 atom stereocenters. The summed E-state index contributed by atoms with van der Waals surface area (Å²) in [6.07, 6.45) is 5.28. The van der Waals surface area contributed by atoms with E-state index in [1.165, 1.54) is 19.3 Å². The van der Waals surface area contributed by atoms with Crippen LogP contribution in [0.25, 0.3) is 0 Å². The number of hydrogen-bond donors (Lipinski definition) is 1. The first-order chi connectivity index (χ1) is 7.20. The summed E-state index contributed by atoms with van der Waals surface area (Å²) in [4.78, 5) is 13.7. The average Bonchev–Trinajstić information content (AvgIpc) is 2.76. The van der Waals surface area contributed by atoms with E-state index >= 15 is 0 Å². The fourth-order valence-corrected chi connectivity index (χ4v) is 2.95. The Kier molecular flexibility index (Phi) is 3.29. The normalized spacial score (nSPS) is 36.5. The molecule has 3 nitrogen and oxygen atoms in total. The van der Waals surface area contributed by atoms with Gasteiger partial charge in [-0.1, -0.05) is 20.3 Å². The molecule has 1 aliphatic carbocycles. The first-order valence-electron chi connectivity index (χ1n) is 6.23. The Labute approximate surface area is 92.2 Å². The Morgan fingerprint density at radius 2 is 2.27 bits per heavy atom. The number of rotatable bonds is 3. The van der Waals surface area contributed by atoms with Gasteiger partial charge in [-0.25, -0.2) is 0 Å². The van der Waals surface area contributed by atoms with Gasteiger partial charge in [0, 0.05) is 6.54 Å². The third kappa shape index (κ3) is 2.33. The van der Waals surface area contributed by atoms with Crippen LogP contribution in [0.3, 0.4) is 0 Å². The molecule has 1 aliphatic heterocycles. The highest BCUT2D eigenvalue weighted by atomic mass is 16.2. The molecule has 3 unspecified atom stereocenters. The highest BCUT2D eigenvalue weighted by molar-refractivity contribution is 5.80. The maximum atomic E-state index is 11.7. The maximum Gasteiger partial charge on any atom is 0.237 e. The first kappa shape index (κ1) is 10.9. The molecule has 1 amide bonds. The van der Waals surface area contributed by atoms with Gasteiger partial charge in [0.15, 0.2) is 0 Å². The highest BCUT2D eigenvalue weighted by Gasteiger charge is 2.32. The van der Waals surface area contributed by atoms with E-state index in [2.05, 4.69) is 24.1 Å². The summed E-state index contributed by atoms with van der Waals surface area (Å²) in [6, 6.07) is 0. The van der Waals surface area contributed by atoms with Gasteiger partial charge in [-0.2, -0.15) is 0 Å². The SMILES string of the molecule is CCC1NCC(=O)N1CC1CCC(C)C1. The molecule has 0 aromatic heterocycles. The van der Waals surface area contributed by atoms with Gasteiger partial charge in [0.1, 0.15) is 0 Å². The predicted molar refractivity (Wildman–Crippen MR) is 60.3 cm³/mol. The average molecular weight is 210 g/mol. The molecule has 1 N–H and O–H groups in total. The van der Waals surface area contributed by atoms with Crippen molar-refractivity contribution in [3.05, 3.63) is 0 Å². The smallest absolute Gasteiger partial charge is 0.237 e. The van der Waals surface area contributed by atoms with Gasteiger partial charge in [0.2, 0.25) is 5.91 Å². The van der Waals surface area contributed by atoms with Gasteiger partial charge in [-0.05, 0) is 31.1 Å². The van der Waals surface area contributed by atoms with Crippen molar-refractivity contribution in [3.8, 4) is 0 Å². The minimum absolute atomic E-state index is 0.293. The zero-order chi connectivity index (χ0) is 10.8. The van der Waals surface area contributed by atoms with E-state index in [1.54, 1.807) is 0 Å². The van der Waals surface area contributed by atoms with Crippen LogP contribution < -0.4 is 5.32 Å². The molecule has 86 valence electrons. The van der Waals surface area contributed by atoms with Gasteiger partial charge in [0.05, 0.1) is 12.7 Å². The predicted octanol–water partition coefficient (Wildman–Crippen LogP) is 1.59. The van der Waals surface area contributed by atoms with E-state index in [-0.39, 0.29) is 0 Å². The summed E-state index contributed by atoms with van der Waals surface area (Å²) in [6.45, 7) is 5.98. The summed E-state index contributed by atoms with van der Waals surface area (Å²) in [5.74, 6) is 1.90. The fourth-order valence-electron chi connectivity index (χ4n) is 2.95. The third-order valence-electron chi connectivity index (χ3n) is 3.83. The molecule has 2 fully saturated rings. The molecule has 0 aromatic carbocycles. The lowest BCUT2D eigenvalue weighted by Crippen LogP contribution is -2.39. The van der Waals surface area contributed by atoms with E-state index in [4.69, 9.17) is 0 Å². The monoisotopic (exact) mass is 210 g/mol. The molecule has 1 saturated heterocycles. The Bertz CT molecular complexity index is 242. The summed E-state index contributed by atoms with van der Waals surface area (Å²) in [5.41, 5.74) is 0. The van der Waals surface area contributed by atoms with Crippen molar-refractivity contribution in [1.82, 2.24) is 10.2 Å². The van der Waals surface area contributed by atoms with E-state index in [0.717, 1.165) is 24.8 Å². The lowest BCUT2D eigenvalue weighted by atomic mass is 10.1. The van der Waals surface area contributed by atoms with Crippen LogP contribution in [0.2, 0.25) is 0 Å². The van der Waals surface area contributed by atoms with Crippen LogP contribution in [0.15, 0.2) is 0 Å². The molecular formula is C12H22N2O. The van der Waals surface area contributed by atoms with E-state index in [0.29, 0.717) is 18.6 Å². The van der Waals surface area contributed by atoms with Crippen LogP contribution >= 0.6 is 0 Å². The molecular weight excluding hydrogens is 188 g/mol. The van der Waals surface area contributed by atoms with Crippen molar-refractivity contribution in [2.75, 3.05) is 13.1 Å². The second kappa shape index (κ2) is 4.52. The number of carbonyl (C=O) groups excluding carboxylic acids is 1. The summed E-state index contributed by atoms with van der Waals surface area (Å²) in [5, 5.41) is 3.27. The van der Waals surface area contributed by atoms with E-state index < -0.39 is 0 Å². The van der Waals surface area contributed by atoms with Gasteiger partial charge in [0.25, 0.3) is 0 Å².